The molecule has 0 amide bonds. The zero-order valence-electron chi connectivity index (χ0n) is 7.58. The topological polar surface area (TPSA) is 53.1 Å². The van der Waals surface area contributed by atoms with E-state index in [1.807, 2.05) is 20.0 Å². The minimum absolute atomic E-state index is 0.692. The van der Waals surface area contributed by atoms with Crippen molar-refractivity contribution in [1.82, 2.24) is 9.78 Å². The first-order valence-electron chi connectivity index (χ1n) is 4.11. The Morgan fingerprint density at radius 2 is 2.42 bits per heavy atom. The summed E-state index contributed by atoms with van der Waals surface area (Å²) in [6.45, 7) is 6.08. The molecule has 0 saturated carbocycles. The molecular weight excluding hydrogens is 154 g/mol. The smallest absolute Gasteiger partial charge is 0.0822 e. The molecule has 0 aliphatic rings. The Kier molecular flexibility index (Phi) is 3.10. The Hall–Kier alpha value is -1.03. The van der Waals surface area contributed by atoms with Gasteiger partial charge >= 0.3 is 0 Å². The third-order valence-electron chi connectivity index (χ3n) is 1.65. The molecule has 0 radical (unpaired) electrons. The highest BCUT2D eigenvalue weighted by Crippen LogP contribution is 2.05. The van der Waals surface area contributed by atoms with Crippen molar-refractivity contribution in [3.05, 3.63) is 11.9 Å². The largest absolute Gasteiger partial charge is 0.396 e. The standard InChI is InChI=1S/C8H15N3O/c1-3-12-5-4-11-6-8(9)7(2)10-11/h6H,3-5,9H2,1-2H3. The van der Waals surface area contributed by atoms with Crippen LogP contribution >= 0.6 is 0 Å². The summed E-state index contributed by atoms with van der Waals surface area (Å²) in [5, 5.41) is 4.19. The number of nitrogen functional groups attached to an aromatic ring is 1. The minimum Gasteiger partial charge on any atom is -0.396 e. The van der Waals surface area contributed by atoms with E-state index in [1.165, 1.54) is 0 Å². The zero-order chi connectivity index (χ0) is 8.97. The van der Waals surface area contributed by atoms with Gasteiger partial charge in [-0.25, -0.2) is 0 Å². The van der Waals surface area contributed by atoms with E-state index in [0.29, 0.717) is 6.61 Å². The number of rotatable bonds is 4. The normalized spacial score (nSPS) is 10.5. The van der Waals surface area contributed by atoms with Gasteiger partial charge in [0.05, 0.1) is 24.5 Å². The summed E-state index contributed by atoms with van der Waals surface area (Å²) in [5.74, 6) is 0. The fraction of sp³-hybridized carbons (Fsp3) is 0.625. The lowest BCUT2D eigenvalue weighted by atomic mass is 10.4. The van der Waals surface area contributed by atoms with E-state index in [1.54, 1.807) is 4.68 Å². The van der Waals surface area contributed by atoms with Crippen LogP contribution in [-0.2, 0) is 11.3 Å². The number of nitrogens with zero attached hydrogens (tertiary/aromatic N) is 2. The van der Waals surface area contributed by atoms with Crippen molar-refractivity contribution in [1.29, 1.82) is 0 Å². The first-order valence-corrected chi connectivity index (χ1v) is 4.11. The molecule has 0 spiro atoms. The predicted molar refractivity (Wildman–Crippen MR) is 47.9 cm³/mol. The predicted octanol–water partition coefficient (Wildman–Crippen LogP) is 0.810. The van der Waals surface area contributed by atoms with Gasteiger partial charge in [-0.3, -0.25) is 4.68 Å². The van der Waals surface area contributed by atoms with E-state index in [0.717, 1.165) is 24.5 Å². The second-order valence-electron chi connectivity index (χ2n) is 2.63. The first kappa shape index (κ1) is 9.06. The number of aryl methyl sites for hydroxylation is 1. The number of hydrogen-bond donors (Lipinski definition) is 1. The Morgan fingerprint density at radius 1 is 1.67 bits per heavy atom. The van der Waals surface area contributed by atoms with Crippen LogP contribution in [0, 0.1) is 6.92 Å². The minimum atomic E-state index is 0.692. The maximum Gasteiger partial charge on any atom is 0.0822 e. The summed E-state index contributed by atoms with van der Waals surface area (Å²) in [4.78, 5) is 0. The Labute approximate surface area is 72.3 Å². The van der Waals surface area contributed by atoms with Gasteiger partial charge < -0.3 is 10.5 Å². The van der Waals surface area contributed by atoms with Gasteiger partial charge in [-0.1, -0.05) is 0 Å². The van der Waals surface area contributed by atoms with E-state index >= 15 is 0 Å². The molecule has 12 heavy (non-hydrogen) atoms. The van der Waals surface area contributed by atoms with Gasteiger partial charge in [0.1, 0.15) is 0 Å². The molecule has 4 nitrogen and oxygen atoms in total. The molecule has 68 valence electrons. The highest BCUT2D eigenvalue weighted by molar-refractivity contribution is 5.39. The molecule has 0 saturated heterocycles. The lowest BCUT2D eigenvalue weighted by Crippen LogP contribution is -2.06. The van der Waals surface area contributed by atoms with Crippen LogP contribution in [0.4, 0.5) is 5.69 Å². The van der Waals surface area contributed by atoms with Gasteiger partial charge in [0, 0.05) is 12.8 Å². The summed E-state index contributed by atoms with van der Waals surface area (Å²) in [5.41, 5.74) is 7.24. The Morgan fingerprint density at radius 3 is 2.92 bits per heavy atom. The van der Waals surface area contributed by atoms with E-state index in [9.17, 15) is 0 Å². The molecule has 1 heterocycles. The molecule has 0 atom stereocenters. The van der Waals surface area contributed by atoms with Crippen LogP contribution in [0.5, 0.6) is 0 Å². The lowest BCUT2D eigenvalue weighted by molar-refractivity contribution is 0.136. The van der Waals surface area contributed by atoms with Gasteiger partial charge in [0.25, 0.3) is 0 Å². The quantitative estimate of drug-likeness (QED) is 0.678. The van der Waals surface area contributed by atoms with Gasteiger partial charge in [0.2, 0.25) is 0 Å². The van der Waals surface area contributed by atoms with Crippen molar-refractivity contribution in [2.24, 2.45) is 0 Å². The maximum atomic E-state index is 5.62. The van der Waals surface area contributed by atoms with Gasteiger partial charge in [0.15, 0.2) is 0 Å². The van der Waals surface area contributed by atoms with Gasteiger partial charge in [-0.05, 0) is 13.8 Å². The Bertz CT molecular complexity index is 225. The zero-order valence-corrected chi connectivity index (χ0v) is 7.58. The summed E-state index contributed by atoms with van der Waals surface area (Å²) in [7, 11) is 0. The SMILES string of the molecule is CCOCCn1cc(N)c(C)n1. The van der Waals surface area contributed by atoms with E-state index in [4.69, 9.17) is 10.5 Å². The molecule has 1 aromatic heterocycles. The van der Waals surface area contributed by atoms with Crippen LogP contribution in [0.15, 0.2) is 6.20 Å². The first-order chi connectivity index (χ1) is 5.74. The van der Waals surface area contributed by atoms with Crippen molar-refractivity contribution in [3.63, 3.8) is 0 Å². The third kappa shape index (κ3) is 2.23. The highest BCUT2D eigenvalue weighted by atomic mass is 16.5. The summed E-state index contributed by atoms with van der Waals surface area (Å²) < 4.78 is 6.99. The summed E-state index contributed by atoms with van der Waals surface area (Å²) in [6.07, 6.45) is 1.83. The number of nitrogens with two attached hydrogens (primary N) is 1. The van der Waals surface area contributed by atoms with Crippen LogP contribution in [0.1, 0.15) is 12.6 Å². The summed E-state index contributed by atoms with van der Waals surface area (Å²) in [6, 6.07) is 0. The molecule has 0 aromatic carbocycles. The molecular formula is C8H15N3O. The highest BCUT2D eigenvalue weighted by Gasteiger charge is 1.99. The molecule has 4 heteroatoms. The lowest BCUT2D eigenvalue weighted by Gasteiger charge is -2.00. The molecule has 1 aromatic rings. The Balaban J connectivity index is 2.42. The van der Waals surface area contributed by atoms with Crippen LogP contribution < -0.4 is 5.73 Å². The number of hydrogen-bond acceptors (Lipinski definition) is 3. The average Bonchev–Trinajstić information content (AvgIpc) is 2.32. The monoisotopic (exact) mass is 169 g/mol. The molecule has 0 unspecified atom stereocenters. The van der Waals surface area contributed by atoms with Crippen molar-refractivity contribution < 1.29 is 4.74 Å². The van der Waals surface area contributed by atoms with Crippen LogP contribution in [0.3, 0.4) is 0 Å². The second-order valence-corrected chi connectivity index (χ2v) is 2.63. The molecule has 0 aliphatic carbocycles. The van der Waals surface area contributed by atoms with Crippen molar-refractivity contribution in [3.8, 4) is 0 Å². The molecule has 0 fully saturated rings. The van der Waals surface area contributed by atoms with Crippen molar-refractivity contribution in [2.45, 2.75) is 20.4 Å². The molecule has 2 N–H and O–H groups in total. The maximum absolute atomic E-state index is 5.62. The van der Waals surface area contributed by atoms with Gasteiger partial charge in [-0.15, -0.1) is 0 Å². The van der Waals surface area contributed by atoms with Crippen molar-refractivity contribution >= 4 is 5.69 Å². The third-order valence-corrected chi connectivity index (χ3v) is 1.65. The second kappa shape index (κ2) is 4.11. The van der Waals surface area contributed by atoms with E-state index in [-0.39, 0.29) is 0 Å². The number of anilines is 1. The van der Waals surface area contributed by atoms with Gasteiger partial charge in [-0.2, -0.15) is 5.10 Å². The number of ether oxygens (including phenoxy) is 1. The summed E-state index contributed by atoms with van der Waals surface area (Å²) >= 11 is 0. The molecule has 1 rings (SSSR count). The van der Waals surface area contributed by atoms with Crippen LogP contribution in [0.25, 0.3) is 0 Å². The molecule has 0 aliphatic heterocycles. The van der Waals surface area contributed by atoms with E-state index in [2.05, 4.69) is 5.10 Å². The molecule has 0 bridgehead atoms. The van der Waals surface area contributed by atoms with Crippen molar-refractivity contribution in [2.75, 3.05) is 18.9 Å². The van der Waals surface area contributed by atoms with Crippen LogP contribution in [0.2, 0.25) is 0 Å². The number of aromatic nitrogens is 2. The fourth-order valence-corrected chi connectivity index (χ4v) is 0.950. The van der Waals surface area contributed by atoms with Crippen LogP contribution in [-0.4, -0.2) is 23.0 Å². The van der Waals surface area contributed by atoms with E-state index < -0.39 is 0 Å². The fourth-order valence-electron chi connectivity index (χ4n) is 0.950. The average molecular weight is 169 g/mol.